The van der Waals surface area contributed by atoms with Crippen LogP contribution in [-0.4, -0.2) is 64.0 Å². The Morgan fingerprint density at radius 2 is 0.956 bits per heavy atom. The summed E-state index contributed by atoms with van der Waals surface area (Å²) in [6.07, 6.45) is 0.331. The van der Waals surface area contributed by atoms with Gasteiger partial charge in [0, 0.05) is 34.3 Å². The Morgan fingerprint density at radius 3 is 1.43 bits per heavy atom. The van der Waals surface area contributed by atoms with E-state index in [1.54, 1.807) is 14.2 Å². The molecule has 0 spiro atoms. The van der Waals surface area contributed by atoms with Crippen LogP contribution in [0.3, 0.4) is 0 Å². The zero-order valence-electron chi connectivity index (χ0n) is 39.9. The fourth-order valence-corrected chi connectivity index (χ4v) is 9.10. The Morgan fingerprint density at radius 1 is 0.500 bits per heavy atom. The van der Waals surface area contributed by atoms with Crippen LogP contribution in [0.15, 0.2) is 152 Å². The molecule has 0 aliphatic heterocycles. The minimum absolute atomic E-state index is 0.250. The van der Waals surface area contributed by atoms with Gasteiger partial charge in [-0.15, -0.1) is 0 Å². The zero-order chi connectivity index (χ0) is 48.0. The molecule has 1 atom stereocenters. The largest absolute Gasteiger partial charge is 0.497 e. The summed E-state index contributed by atoms with van der Waals surface area (Å²) >= 11 is 0. The van der Waals surface area contributed by atoms with E-state index in [0.717, 1.165) is 61.6 Å². The predicted octanol–water partition coefficient (Wildman–Crippen LogP) is 11.8. The molecule has 68 heavy (non-hydrogen) atoms. The van der Waals surface area contributed by atoms with E-state index in [2.05, 4.69) is 98.5 Å². The molecule has 0 radical (unpaired) electrons. The first-order valence-corrected chi connectivity index (χ1v) is 24.0. The normalized spacial score (nSPS) is 11.6. The van der Waals surface area contributed by atoms with E-state index in [1.807, 2.05) is 115 Å². The molecule has 6 rings (SSSR count). The molecule has 0 saturated heterocycles. The van der Waals surface area contributed by atoms with Crippen molar-refractivity contribution >= 4 is 8.53 Å². The summed E-state index contributed by atoms with van der Waals surface area (Å²) in [6, 6.07) is 53.1. The maximum atomic E-state index is 8.94. The van der Waals surface area contributed by atoms with Gasteiger partial charge in [0.2, 0.25) is 0 Å². The highest BCUT2D eigenvalue weighted by Gasteiger charge is 2.38. The van der Waals surface area contributed by atoms with Crippen molar-refractivity contribution in [3.63, 3.8) is 0 Å². The molecule has 6 aromatic carbocycles. The van der Waals surface area contributed by atoms with E-state index in [-0.39, 0.29) is 12.1 Å². The lowest BCUT2D eigenvalue weighted by molar-refractivity contribution is -0.0270. The third-order valence-electron chi connectivity index (χ3n) is 10.8. The summed E-state index contributed by atoms with van der Waals surface area (Å²) in [5.74, 6) is 14.7. The third kappa shape index (κ3) is 14.9. The van der Waals surface area contributed by atoms with Crippen molar-refractivity contribution in [1.29, 1.82) is 5.26 Å². The van der Waals surface area contributed by atoms with Crippen LogP contribution in [0.1, 0.15) is 84.2 Å². The number of methoxy groups -OCH3 is 2. The molecule has 0 N–H and O–H groups in total. The van der Waals surface area contributed by atoms with Gasteiger partial charge in [-0.1, -0.05) is 109 Å². The number of rotatable bonds is 23. The molecule has 350 valence electrons. The minimum Gasteiger partial charge on any atom is -0.497 e. The first-order chi connectivity index (χ1) is 33.2. The van der Waals surface area contributed by atoms with Crippen molar-refractivity contribution in [1.82, 2.24) is 4.67 Å². The van der Waals surface area contributed by atoms with Crippen LogP contribution in [0.4, 0.5) is 0 Å². The van der Waals surface area contributed by atoms with Crippen molar-refractivity contribution in [3.8, 4) is 41.2 Å². The Bertz CT molecular complexity index is 2550. The molecule has 0 aliphatic rings. The molecule has 9 nitrogen and oxygen atoms in total. The summed E-state index contributed by atoms with van der Waals surface area (Å²) in [4.78, 5) is 0. The lowest BCUT2D eigenvalue weighted by atomic mass is 9.80. The summed E-state index contributed by atoms with van der Waals surface area (Å²) < 4.78 is 44.2. The van der Waals surface area contributed by atoms with Crippen molar-refractivity contribution in [3.05, 3.63) is 202 Å². The van der Waals surface area contributed by atoms with Gasteiger partial charge in [-0.3, -0.25) is 0 Å². The number of nitriles is 1. The molecule has 1 unspecified atom stereocenters. The van der Waals surface area contributed by atoms with Crippen LogP contribution in [0.2, 0.25) is 0 Å². The smallest absolute Gasteiger partial charge is 0.259 e. The van der Waals surface area contributed by atoms with Crippen LogP contribution >= 0.6 is 8.53 Å². The Balaban J connectivity index is 0.984. The summed E-state index contributed by atoms with van der Waals surface area (Å²) in [6.45, 7) is 11.3. The molecule has 0 amide bonds. The van der Waals surface area contributed by atoms with Gasteiger partial charge in [-0.25, -0.2) is 4.67 Å². The maximum Gasteiger partial charge on any atom is 0.259 e. The molecular formula is C58H61N2O7P. The van der Waals surface area contributed by atoms with Gasteiger partial charge < -0.3 is 32.7 Å². The highest BCUT2D eigenvalue weighted by Crippen LogP contribution is 2.46. The lowest BCUT2D eigenvalue weighted by Gasteiger charge is -2.36. The Kier molecular flexibility index (Phi) is 20.2. The monoisotopic (exact) mass is 928 g/mol. The van der Waals surface area contributed by atoms with E-state index < -0.39 is 14.1 Å². The average Bonchev–Trinajstić information content (AvgIpc) is 3.37. The topological polar surface area (TPSA) is 91.6 Å². The molecule has 0 heterocycles. The molecule has 0 saturated carbocycles. The second-order valence-electron chi connectivity index (χ2n) is 16.3. The van der Waals surface area contributed by atoms with E-state index in [1.165, 1.54) is 0 Å². The van der Waals surface area contributed by atoms with Gasteiger partial charge >= 0.3 is 0 Å². The first kappa shape index (κ1) is 51.1. The highest BCUT2D eigenvalue weighted by molar-refractivity contribution is 7.44. The second kappa shape index (κ2) is 26.9. The SMILES string of the molecule is COc1ccc(C(OCCOCc2ccc(C#Cc3cccc(C#Cc4ccc(COCCOP(OCCC#N)N(C(C)C)C(C)C)cc4)c3)cc2)(c2ccccc2)c2ccc(OC)cc2)cc1. The van der Waals surface area contributed by atoms with Gasteiger partial charge in [0.15, 0.2) is 0 Å². The van der Waals surface area contributed by atoms with E-state index in [9.17, 15) is 0 Å². The summed E-state index contributed by atoms with van der Waals surface area (Å²) in [7, 11) is 2.05. The molecule has 10 heteroatoms. The number of hydrogen-bond acceptors (Lipinski definition) is 9. The van der Waals surface area contributed by atoms with Gasteiger partial charge in [0.05, 0.1) is 73.0 Å². The number of benzene rings is 6. The van der Waals surface area contributed by atoms with Crippen LogP contribution in [0.5, 0.6) is 11.5 Å². The lowest BCUT2D eigenvalue weighted by Crippen LogP contribution is -2.34. The van der Waals surface area contributed by atoms with Gasteiger partial charge in [0.1, 0.15) is 17.1 Å². The quantitative estimate of drug-likeness (QED) is 0.0270. The number of ether oxygens (including phenoxy) is 5. The number of nitrogens with zero attached hydrogens (tertiary/aromatic N) is 2. The van der Waals surface area contributed by atoms with Crippen LogP contribution in [-0.2, 0) is 42.1 Å². The molecule has 0 bridgehead atoms. The third-order valence-corrected chi connectivity index (χ3v) is 12.9. The van der Waals surface area contributed by atoms with Crippen LogP contribution in [0, 0.1) is 35.0 Å². The number of hydrogen-bond donors (Lipinski definition) is 0. The molecule has 0 aliphatic carbocycles. The summed E-state index contributed by atoms with van der Waals surface area (Å²) in [5.41, 5.74) is 7.74. The summed E-state index contributed by atoms with van der Waals surface area (Å²) in [5, 5.41) is 8.94. The molecule has 0 fully saturated rings. The fourth-order valence-electron chi connectivity index (χ4n) is 7.53. The highest BCUT2D eigenvalue weighted by atomic mass is 31.2. The van der Waals surface area contributed by atoms with Crippen LogP contribution < -0.4 is 9.47 Å². The molecule has 0 aromatic heterocycles. The first-order valence-electron chi connectivity index (χ1n) is 22.9. The fraction of sp³-hybridized carbons (Fsp3) is 0.293. The zero-order valence-corrected chi connectivity index (χ0v) is 40.8. The van der Waals surface area contributed by atoms with Crippen molar-refractivity contribution in [2.24, 2.45) is 0 Å². The van der Waals surface area contributed by atoms with Gasteiger partial charge in [0.25, 0.3) is 8.53 Å². The molecular weight excluding hydrogens is 868 g/mol. The van der Waals surface area contributed by atoms with E-state index in [0.29, 0.717) is 52.7 Å². The molecule has 6 aromatic rings. The van der Waals surface area contributed by atoms with E-state index >= 15 is 0 Å². The standard InChI is InChI=1S/C58H61N2O7P/c1-45(2)60(46(3)4)68(66-37-11-36-59)67-41-39-64-44-52-26-20-48(21-27-52)17-23-50-13-10-12-49(42-50)22-16-47-18-24-51(25-19-47)43-63-38-40-65-58(53-14-8-7-9-15-53,54-28-32-56(61-5)33-29-54)55-30-34-57(62-6)35-31-55/h7-10,12-15,18-21,24-35,42,45-46H,11,37-41,43-44H2,1-6H3. The van der Waals surface area contributed by atoms with Crippen molar-refractivity contribution in [2.45, 2.75) is 65.0 Å². The minimum atomic E-state index is -1.28. The van der Waals surface area contributed by atoms with E-state index in [4.69, 9.17) is 38.0 Å². The van der Waals surface area contributed by atoms with Crippen molar-refractivity contribution in [2.75, 3.05) is 47.3 Å². The van der Waals surface area contributed by atoms with Gasteiger partial charge in [-0.2, -0.15) is 5.26 Å². The van der Waals surface area contributed by atoms with Gasteiger partial charge in [-0.05, 0) is 122 Å². The Labute approximate surface area is 404 Å². The van der Waals surface area contributed by atoms with Crippen LogP contribution in [0.25, 0.3) is 0 Å². The Hall–Kier alpha value is -6.28. The van der Waals surface area contributed by atoms with Crippen molar-refractivity contribution < 1.29 is 32.7 Å². The second-order valence-corrected chi connectivity index (χ2v) is 17.8. The predicted molar refractivity (Wildman–Crippen MR) is 270 cm³/mol. The average molecular weight is 929 g/mol. The maximum absolute atomic E-state index is 8.94.